The van der Waals surface area contributed by atoms with Crippen LogP contribution in [0.4, 0.5) is 0 Å². The summed E-state index contributed by atoms with van der Waals surface area (Å²) in [6.45, 7) is 12.4. The van der Waals surface area contributed by atoms with E-state index in [0.717, 1.165) is 63.8 Å². The number of rotatable bonds is 12. The topological polar surface area (TPSA) is 56.2 Å². The summed E-state index contributed by atoms with van der Waals surface area (Å²) in [6.07, 6.45) is 11.2. The lowest BCUT2D eigenvalue weighted by Crippen LogP contribution is -2.78. The van der Waals surface area contributed by atoms with Gasteiger partial charge in [-0.2, -0.15) is 0 Å². The highest BCUT2D eigenvalue weighted by Crippen LogP contribution is 2.65. The molecule has 0 amide bonds. The third-order valence-electron chi connectivity index (χ3n) is 10.5. The second-order valence-electron chi connectivity index (χ2n) is 13.3. The number of benzene rings is 2. The van der Waals surface area contributed by atoms with E-state index in [9.17, 15) is 10.2 Å². The van der Waals surface area contributed by atoms with Gasteiger partial charge in [-0.1, -0.05) is 69.2 Å². The zero-order valence-corrected chi connectivity index (χ0v) is 24.5. The van der Waals surface area contributed by atoms with Crippen LogP contribution >= 0.6 is 0 Å². The van der Waals surface area contributed by atoms with Crippen LogP contribution in [0.1, 0.15) is 75.5 Å². The molecule has 1 saturated carbocycles. The molecule has 0 radical (unpaired) electrons. The lowest BCUT2D eigenvalue weighted by Gasteiger charge is -2.65. The highest BCUT2D eigenvalue weighted by molar-refractivity contribution is 5.62. The number of likely N-dealkylation sites (tertiary alicyclic amines) is 1. The average molecular weight is 545 g/mol. The Kier molecular flexibility index (Phi) is 7.75. The minimum Gasteiger partial charge on any atom is -0.504 e. The number of unbranched alkanes of at least 4 members (excludes halogenated alkanes) is 3. The van der Waals surface area contributed by atoms with Gasteiger partial charge in [0, 0.05) is 30.7 Å². The van der Waals surface area contributed by atoms with E-state index < -0.39 is 11.0 Å². The molecule has 2 aliphatic heterocycles. The molecule has 2 N–H and O–H groups in total. The Bertz CT molecular complexity index is 1200. The molecule has 216 valence electrons. The van der Waals surface area contributed by atoms with Crippen molar-refractivity contribution in [3.8, 4) is 11.5 Å². The molecule has 4 aliphatic rings. The van der Waals surface area contributed by atoms with Gasteiger partial charge in [-0.3, -0.25) is 9.80 Å². The van der Waals surface area contributed by atoms with E-state index in [1.54, 1.807) is 6.07 Å². The lowest BCUT2D eigenvalue weighted by atomic mass is 9.48. The summed E-state index contributed by atoms with van der Waals surface area (Å²) in [7, 11) is 0. The van der Waals surface area contributed by atoms with E-state index >= 15 is 0 Å². The predicted molar refractivity (Wildman–Crippen MR) is 161 cm³/mol. The van der Waals surface area contributed by atoms with Crippen molar-refractivity contribution in [3.63, 3.8) is 0 Å². The number of aryl methyl sites for hydroxylation is 1. The van der Waals surface area contributed by atoms with Crippen LogP contribution in [0.15, 0.2) is 55.1 Å². The van der Waals surface area contributed by atoms with Gasteiger partial charge in [-0.15, -0.1) is 6.58 Å². The van der Waals surface area contributed by atoms with E-state index in [1.807, 2.05) is 6.08 Å². The Morgan fingerprint density at radius 3 is 2.67 bits per heavy atom. The van der Waals surface area contributed by atoms with Crippen molar-refractivity contribution in [1.82, 2.24) is 9.80 Å². The largest absolute Gasteiger partial charge is 0.504 e. The monoisotopic (exact) mass is 544 g/mol. The van der Waals surface area contributed by atoms with Crippen molar-refractivity contribution in [2.75, 3.05) is 26.2 Å². The van der Waals surface area contributed by atoms with E-state index in [1.165, 1.54) is 36.8 Å². The average Bonchev–Trinajstić information content (AvgIpc) is 3.29. The molecule has 5 heteroatoms. The molecule has 5 atom stereocenters. The lowest BCUT2D eigenvalue weighted by molar-refractivity contribution is -0.199. The second kappa shape index (κ2) is 11.2. The number of ether oxygens (including phenoxy) is 1. The van der Waals surface area contributed by atoms with Gasteiger partial charge >= 0.3 is 0 Å². The summed E-state index contributed by atoms with van der Waals surface area (Å²) >= 11 is 0. The Morgan fingerprint density at radius 2 is 1.90 bits per heavy atom. The Morgan fingerprint density at radius 1 is 1.10 bits per heavy atom. The maximum Gasteiger partial charge on any atom is 0.165 e. The molecule has 0 unspecified atom stereocenters. The van der Waals surface area contributed by atoms with Gasteiger partial charge in [-0.05, 0) is 81.1 Å². The maximum absolute atomic E-state index is 12.7. The van der Waals surface area contributed by atoms with E-state index in [2.05, 4.69) is 66.6 Å². The zero-order chi connectivity index (χ0) is 27.9. The number of phenolic OH excluding ortho intramolecular Hbond substituents is 1. The molecular formula is C35H48N2O3. The molecule has 0 aromatic heterocycles. The summed E-state index contributed by atoms with van der Waals surface area (Å²) < 4.78 is 6.85. The first-order valence-electron chi connectivity index (χ1n) is 15.8. The Labute approximate surface area is 240 Å². The summed E-state index contributed by atoms with van der Waals surface area (Å²) in [4.78, 5) is 5.12. The van der Waals surface area contributed by atoms with Crippen LogP contribution in [0, 0.1) is 5.92 Å². The number of piperidine rings is 1. The highest BCUT2D eigenvalue weighted by atomic mass is 16.5. The van der Waals surface area contributed by atoms with Crippen molar-refractivity contribution in [2.24, 2.45) is 5.92 Å². The van der Waals surface area contributed by atoms with Gasteiger partial charge in [0.15, 0.2) is 11.5 Å². The summed E-state index contributed by atoms with van der Waals surface area (Å²) in [5, 5.41) is 23.7. The Hall–Kier alpha value is -2.34. The fourth-order valence-corrected chi connectivity index (χ4v) is 8.87. The van der Waals surface area contributed by atoms with Crippen molar-refractivity contribution in [3.05, 3.63) is 71.8 Å². The van der Waals surface area contributed by atoms with Crippen molar-refractivity contribution in [1.29, 1.82) is 0 Å². The SMILES string of the molecule is C=CCN1CC[C@]23c4c5ccc(O)c4O[C@H]2[C@H](N(CCCCCCc2ccccc2)CC(C)C)CC[C@@]3(O)[C@H]1C5. The fourth-order valence-electron chi connectivity index (χ4n) is 8.87. The van der Waals surface area contributed by atoms with Crippen molar-refractivity contribution >= 4 is 0 Å². The highest BCUT2D eigenvalue weighted by Gasteiger charge is 2.73. The van der Waals surface area contributed by atoms with Crippen molar-refractivity contribution < 1.29 is 14.9 Å². The van der Waals surface area contributed by atoms with Gasteiger partial charge in [0.25, 0.3) is 0 Å². The first-order chi connectivity index (χ1) is 19.4. The molecule has 2 bridgehead atoms. The quantitative estimate of drug-likeness (QED) is 0.259. The van der Waals surface area contributed by atoms with E-state index in [4.69, 9.17) is 4.74 Å². The van der Waals surface area contributed by atoms with Crippen LogP contribution in [-0.2, 0) is 18.3 Å². The van der Waals surface area contributed by atoms with Crippen molar-refractivity contribution in [2.45, 2.75) is 101 Å². The minimum absolute atomic E-state index is 0.0532. The summed E-state index contributed by atoms with van der Waals surface area (Å²) in [6, 6.07) is 15.0. The van der Waals surface area contributed by atoms with Gasteiger partial charge in [0.2, 0.25) is 0 Å². The smallest absolute Gasteiger partial charge is 0.165 e. The van der Waals surface area contributed by atoms with Crippen LogP contribution in [0.5, 0.6) is 11.5 Å². The number of hydrogen-bond acceptors (Lipinski definition) is 5. The van der Waals surface area contributed by atoms with Crippen LogP contribution in [-0.4, -0.2) is 70.0 Å². The zero-order valence-electron chi connectivity index (χ0n) is 24.5. The van der Waals surface area contributed by atoms with E-state index in [0.29, 0.717) is 11.7 Å². The Balaban J connectivity index is 1.23. The minimum atomic E-state index is -0.859. The van der Waals surface area contributed by atoms with Gasteiger partial charge in [0.1, 0.15) is 6.10 Å². The number of phenols is 1. The normalized spacial score (nSPS) is 30.4. The molecule has 1 saturated heterocycles. The van der Waals surface area contributed by atoms with Crippen LogP contribution in [0.25, 0.3) is 0 Å². The van der Waals surface area contributed by atoms with E-state index in [-0.39, 0.29) is 23.9 Å². The summed E-state index contributed by atoms with van der Waals surface area (Å²) in [5.74, 6) is 1.43. The fraction of sp³-hybridized carbons (Fsp3) is 0.600. The molecular weight excluding hydrogens is 496 g/mol. The molecule has 2 aromatic rings. The second-order valence-corrected chi connectivity index (χ2v) is 13.3. The molecule has 5 nitrogen and oxygen atoms in total. The van der Waals surface area contributed by atoms with Crippen LogP contribution < -0.4 is 4.74 Å². The van der Waals surface area contributed by atoms with Gasteiger partial charge < -0.3 is 14.9 Å². The maximum atomic E-state index is 12.7. The molecule has 6 rings (SSSR count). The van der Waals surface area contributed by atoms with Crippen LogP contribution in [0.3, 0.4) is 0 Å². The first-order valence-corrected chi connectivity index (χ1v) is 15.8. The standard InChI is InChI=1S/C35H48N2O3/c1-4-20-36-22-19-34-31-27-15-16-29(38)32(31)40-33(34)28(17-18-35(34,39)30(36)23-27)37(24-25(2)3)21-11-6-5-8-12-26-13-9-7-10-14-26/h4,7,9-10,13-16,25,28,30,33,38-39H,1,5-6,8,11-12,17-24H2,2-3H3/t28-,30-,33+,34+,35-/m1/s1. The third kappa shape index (κ3) is 4.49. The number of nitrogens with zero attached hydrogens (tertiary/aromatic N) is 2. The number of aliphatic hydroxyl groups is 1. The van der Waals surface area contributed by atoms with Crippen LogP contribution in [0.2, 0.25) is 0 Å². The molecule has 2 aliphatic carbocycles. The molecule has 1 spiro atoms. The molecule has 2 heterocycles. The number of hydrogen-bond donors (Lipinski definition) is 2. The molecule has 2 aromatic carbocycles. The predicted octanol–water partition coefficient (Wildman–Crippen LogP) is 5.86. The van der Waals surface area contributed by atoms with Gasteiger partial charge in [0.05, 0.1) is 11.0 Å². The molecule has 40 heavy (non-hydrogen) atoms. The summed E-state index contributed by atoms with van der Waals surface area (Å²) in [5.41, 5.74) is 2.47. The third-order valence-corrected chi connectivity index (χ3v) is 10.5. The first kappa shape index (κ1) is 27.8. The number of aromatic hydroxyl groups is 1. The molecule has 2 fully saturated rings. The van der Waals surface area contributed by atoms with Gasteiger partial charge in [-0.25, -0.2) is 0 Å².